The Morgan fingerprint density at radius 3 is 2.84 bits per heavy atom. The number of anilines is 1. The number of nitrogens with one attached hydrogen (secondary N) is 4. The molecule has 0 saturated carbocycles. The van der Waals surface area contributed by atoms with Gasteiger partial charge in [-0.25, -0.2) is 4.98 Å². The van der Waals surface area contributed by atoms with Gasteiger partial charge in [0.2, 0.25) is 17.8 Å². The molecule has 4 N–H and O–H groups in total. The normalized spacial score (nSPS) is 18.1. The number of aromatic amines is 1. The van der Waals surface area contributed by atoms with Crippen LogP contribution in [0.15, 0.2) is 10.9 Å². The number of piperazine rings is 1. The van der Waals surface area contributed by atoms with E-state index in [1.54, 1.807) is 6.92 Å². The zero-order valence-electron chi connectivity index (χ0n) is 14.9. The summed E-state index contributed by atoms with van der Waals surface area (Å²) in [7, 11) is 0. The lowest BCUT2D eigenvalue weighted by atomic mass is 10.1. The SMILES string of the molecule is Cc1cc(=O)[nH]c(NCCNC(=O)C[C@@H]2C(=O)NCCN2C(C)C)n1. The second-order valence-electron chi connectivity index (χ2n) is 6.35. The van der Waals surface area contributed by atoms with Crippen LogP contribution in [0.3, 0.4) is 0 Å². The van der Waals surface area contributed by atoms with Crippen molar-refractivity contribution < 1.29 is 9.59 Å². The summed E-state index contributed by atoms with van der Waals surface area (Å²) in [6.45, 7) is 7.91. The van der Waals surface area contributed by atoms with E-state index in [1.807, 2.05) is 18.7 Å². The van der Waals surface area contributed by atoms with E-state index < -0.39 is 6.04 Å². The number of H-pyrrole nitrogens is 1. The Hall–Kier alpha value is -2.42. The van der Waals surface area contributed by atoms with E-state index in [0.29, 0.717) is 31.3 Å². The minimum Gasteiger partial charge on any atom is -0.354 e. The third-order valence-electron chi connectivity index (χ3n) is 4.02. The van der Waals surface area contributed by atoms with Gasteiger partial charge in [-0.05, 0) is 20.8 Å². The zero-order chi connectivity index (χ0) is 18.4. The Balaban J connectivity index is 1.78. The van der Waals surface area contributed by atoms with Crippen molar-refractivity contribution in [3.05, 3.63) is 22.1 Å². The van der Waals surface area contributed by atoms with Crippen molar-refractivity contribution in [1.29, 1.82) is 0 Å². The second kappa shape index (κ2) is 8.61. The summed E-state index contributed by atoms with van der Waals surface area (Å²) >= 11 is 0. The van der Waals surface area contributed by atoms with Crippen molar-refractivity contribution >= 4 is 17.8 Å². The average Bonchev–Trinajstić information content (AvgIpc) is 2.52. The molecule has 1 aromatic heterocycles. The summed E-state index contributed by atoms with van der Waals surface area (Å²) in [5, 5.41) is 8.54. The molecule has 1 aliphatic heterocycles. The number of hydrogen-bond acceptors (Lipinski definition) is 6. The molecule has 0 aliphatic carbocycles. The third kappa shape index (κ3) is 5.56. The Morgan fingerprint density at radius 2 is 2.16 bits per heavy atom. The number of nitrogens with zero attached hydrogens (tertiary/aromatic N) is 2. The molecular weight excluding hydrogens is 324 g/mol. The highest BCUT2D eigenvalue weighted by Crippen LogP contribution is 2.12. The molecule has 2 amide bonds. The maximum atomic E-state index is 12.1. The third-order valence-corrected chi connectivity index (χ3v) is 4.02. The van der Waals surface area contributed by atoms with Crippen LogP contribution in [0.25, 0.3) is 0 Å². The first-order chi connectivity index (χ1) is 11.9. The van der Waals surface area contributed by atoms with Crippen LogP contribution in [-0.2, 0) is 9.59 Å². The van der Waals surface area contributed by atoms with E-state index in [2.05, 4.69) is 25.9 Å². The lowest BCUT2D eigenvalue weighted by Crippen LogP contribution is -2.58. The van der Waals surface area contributed by atoms with E-state index >= 15 is 0 Å². The van der Waals surface area contributed by atoms with Gasteiger partial charge in [0.05, 0.1) is 12.5 Å². The van der Waals surface area contributed by atoms with Crippen molar-refractivity contribution in [2.75, 3.05) is 31.5 Å². The first-order valence-corrected chi connectivity index (χ1v) is 8.49. The number of carbonyl (C=O) groups is 2. The Bertz CT molecular complexity index is 672. The molecule has 1 aliphatic rings. The fourth-order valence-corrected chi connectivity index (χ4v) is 2.85. The second-order valence-corrected chi connectivity index (χ2v) is 6.35. The highest BCUT2D eigenvalue weighted by Gasteiger charge is 2.32. The van der Waals surface area contributed by atoms with Gasteiger partial charge in [0.1, 0.15) is 0 Å². The van der Waals surface area contributed by atoms with Gasteiger partial charge in [-0.15, -0.1) is 0 Å². The van der Waals surface area contributed by atoms with Gasteiger partial charge < -0.3 is 16.0 Å². The molecule has 9 nitrogen and oxygen atoms in total. The first-order valence-electron chi connectivity index (χ1n) is 8.49. The maximum Gasteiger partial charge on any atom is 0.252 e. The zero-order valence-corrected chi connectivity index (χ0v) is 14.9. The quantitative estimate of drug-likeness (QED) is 0.478. The largest absolute Gasteiger partial charge is 0.354 e. The molecule has 1 aromatic rings. The lowest BCUT2D eigenvalue weighted by Gasteiger charge is -2.37. The molecule has 9 heteroatoms. The summed E-state index contributed by atoms with van der Waals surface area (Å²) in [5.41, 5.74) is 0.392. The van der Waals surface area contributed by atoms with Gasteiger partial charge >= 0.3 is 0 Å². The number of aromatic nitrogens is 2. The highest BCUT2D eigenvalue weighted by atomic mass is 16.2. The number of aryl methyl sites for hydroxylation is 1. The molecule has 2 heterocycles. The van der Waals surface area contributed by atoms with Crippen molar-refractivity contribution in [2.45, 2.75) is 39.3 Å². The standard InChI is InChI=1S/C16H26N6O3/c1-10(2)22-7-6-18-15(25)12(22)9-13(23)17-4-5-19-16-20-11(3)8-14(24)21-16/h8,10,12H,4-7,9H2,1-3H3,(H,17,23)(H,18,25)(H2,19,20,21,24)/t12-/m1/s1. The number of hydrogen-bond donors (Lipinski definition) is 4. The molecule has 0 bridgehead atoms. The molecule has 1 saturated heterocycles. The molecule has 0 radical (unpaired) electrons. The van der Waals surface area contributed by atoms with Crippen LogP contribution >= 0.6 is 0 Å². The summed E-state index contributed by atoms with van der Waals surface area (Å²) < 4.78 is 0. The van der Waals surface area contributed by atoms with Gasteiger partial charge in [-0.2, -0.15) is 0 Å². The topological polar surface area (TPSA) is 119 Å². The van der Waals surface area contributed by atoms with Gasteiger partial charge in [0.25, 0.3) is 5.56 Å². The molecule has 1 fully saturated rings. The van der Waals surface area contributed by atoms with Crippen molar-refractivity contribution in [3.8, 4) is 0 Å². The Labute approximate surface area is 146 Å². The molecule has 0 spiro atoms. The molecule has 0 unspecified atom stereocenters. The fraction of sp³-hybridized carbons (Fsp3) is 0.625. The van der Waals surface area contributed by atoms with Crippen LogP contribution in [0.2, 0.25) is 0 Å². The Morgan fingerprint density at radius 1 is 1.40 bits per heavy atom. The minimum atomic E-state index is -0.434. The molecule has 2 rings (SSSR count). The molecule has 0 aromatic carbocycles. The van der Waals surface area contributed by atoms with Crippen LogP contribution in [0, 0.1) is 6.92 Å². The van der Waals surface area contributed by atoms with E-state index in [9.17, 15) is 14.4 Å². The van der Waals surface area contributed by atoms with Crippen molar-refractivity contribution in [1.82, 2.24) is 25.5 Å². The summed E-state index contributed by atoms with van der Waals surface area (Å²) in [5.74, 6) is 0.0897. The number of rotatable bonds is 7. The van der Waals surface area contributed by atoms with E-state index in [-0.39, 0.29) is 29.8 Å². The van der Waals surface area contributed by atoms with Gasteiger partial charge in [-0.3, -0.25) is 24.3 Å². The maximum absolute atomic E-state index is 12.1. The molecule has 25 heavy (non-hydrogen) atoms. The van der Waals surface area contributed by atoms with Crippen LogP contribution in [0.4, 0.5) is 5.95 Å². The summed E-state index contributed by atoms with van der Waals surface area (Å²) in [6, 6.07) is 1.18. The van der Waals surface area contributed by atoms with Crippen LogP contribution in [0.5, 0.6) is 0 Å². The predicted octanol–water partition coefficient (Wildman–Crippen LogP) is -0.795. The van der Waals surface area contributed by atoms with Gasteiger partial charge in [-0.1, -0.05) is 0 Å². The Kier molecular flexibility index (Phi) is 6.51. The van der Waals surface area contributed by atoms with E-state index in [0.717, 1.165) is 6.54 Å². The molecule has 138 valence electrons. The predicted molar refractivity (Wildman–Crippen MR) is 94.4 cm³/mol. The summed E-state index contributed by atoms with van der Waals surface area (Å²) in [6.07, 6.45) is 0.129. The van der Waals surface area contributed by atoms with Crippen molar-refractivity contribution in [3.63, 3.8) is 0 Å². The average molecular weight is 350 g/mol. The van der Waals surface area contributed by atoms with Crippen LogP contribution in [0.1, 0.15) is 26.0 Å². The van der Waals surface area contributed by atoms with Gasteiger partial charge in [0, 0.05) is 44.0 Å². The van der Waals surface area contributed by atoms with Gasteiger partial charge in [0.15, 0.2) is 0 Å². The monoisotopic (exact) mass is 350 g/mol. The molecule has 1 atom stereocenters. The smallest absolute Gasteiger partial charge is 0.252 e. The lowest BCUT2D eigenvalue weighted by molar-refractivity contribution is -0.134. The van der Waals surface area contributed by atoms with Crippen LogP contribution < -0.4 is 21.5 Å². The number of carbonyl (C=O) groups excluding carboxylic acids is 2. The molecular formula is C16H26N6O3. The van der Waals surface area contributed by atoms with Crippen LogP contribution in [-0.4, -0.2) is 64.9 Å². The van der Waals surface area contributed by atoms with Crippen molar-refractivity contribution in [2.24, 2.45) is 0 Å². The highest BCUT2D eigenvalue weighted by molar-refractivity contribution is 5.88. The first kappa shape index (κ1) is 18.9. The minimum absolute atomic E-state index is 0.102. The summed E-state index contributed by atoms with van der Waals surface area (Å²) in [4.78, 5) is 44.3. The fourth-order valence-electron chi connectivity index (χ4n) is 2.85. The van der Waals surface area contributed by atoms with E-state index in [1.165, 1.54) is 6.07 Å². The van der Waals surface area contributed by atoms with E-state index in [4.69, 9.17) is 0 Å². The number of amides is 2.